The van der Waals surface area contributed by atoms with E-state index in [1.165, 1.54) is 6.07 Å². The number of benzene rings is 2. The van der Waals surface area contributed by atoms with E-state index < -0.39 is 10.0 Å². The molecule has 1 N–H and O–H groups in total. The Kier molecular flexibility index (Phi) is 5.73. The fourth-order valence-electron chi connectivity index (χ4n) is 4.81. The SMILES string of the molecule is O=C(c1cccc(S(=O)(=O)N2CCCCCC2)c1)N1CCCC1c1nc2ccccc2[nH]1. The molecule has 5 rings (SSSR count). The number of aromatic amines is 1. The van der Waals surface area contributed by atoms with Crippen molar-refractivity contribution in [2.75, 3.05) is 19.6 Å². The first kappa shape index (κ1) is 21.2. The average molecular weight is 453 g/mol. The molecule has 1 aromatic heterocycles. The number of para-hydroxylation sites is 2. The van der Waals surface area contributed by atoms with Gasteiger partial charge in [0, 0.05) is 25.2 Å². The topological polar surface area (TPSA) is 86.4 Å². The van der Waals surface area contributed by atoms with Crippen molar-refractivity contribution >= 4 is 27.0 Å². The number of hydrogen-bond acceptors (Lipinski definition) is 4. The molecule has 8 heteroatoms. The lowest BCUT2D eigenvalue weighted by Gasteiger charge is -2.24. The number of rotatable bonds is 4. The summed E-state index contributed by atoms with van der Waals surface area (Å²) in [7, 11) is -3.60. The molecule has 3 aromatic rings. The highest BCUT2D eigenvalue weighted by Gasteiger charge is 2.33. The van der Waals surface area contributed by atoms with E-state index >= 15 is 0 Å². The van der Waals surface area contributed by atoms with E-state index in [2.05, 4.69) is 4.98 Å². The molecule has 0 saturated carbocycles. The zero-order valence-corrected chi connectivity index (χ0v) is 18.9. The summed E-state index contributed by atoms with van der Waals surface area (Å²) in [5.41, 5.74) is 2.24. The lowest BCUT2D eigenvalue weighted by Crippen LogP contribution is -2.33. The number of carbonyl (C=O) groups excluding carboxylic acids is 1. The Bertz CT molecular complexity index is 1200. The molecule has 168 valence electrons. The summed E-state index contributed by atoms with van der Waals surface area (Å²) in [6.07, 6.45) is 5.59. The van der Waals surface area contributed by atoms with Crippen LogP contribution in [0.2, 0.25) is 0 Å². The third kappa shape index (κ3) is 3.93. The van der Waals surface area contributed by atoms with Crippen molar-refractivity contribution in [3.8, 4) is 0 Å². The smallest absolute Gasteiger partial charge is 0.254 e. The molecule has 32 heavy (non-hydrogen) atoms. The first-order valence-electron chi connectivity index (χ1n) is 11.4. The fourth-order valence-corrected chi connectivity index (χ4v) is 6.37. The van der Waals surface area contributed by atoms with Crippen LogP contribution in [0.1, 0.15) is 60.7 Å². The van der Waals surface area contributed by atoms with Crippen LogP contribution in [0.3, 0.4) is 0 Å². The number of likely N-dealkylation sites (tertiary alicyclic amines) is 1. The number of fused-ring (bicyclic) bond motifs is 1. The van der Waals surface area contributed by atoms with Gasteiger partial charge in [0.25, 0.3) is 5.91 Å². The summed E-state index contributed by atoms with van der Waals surface area (Å²) in [5.74, 6) is 0.631. The number of nitrogens with zero attached hydrogens (tertiary/aromatic N) is 3. The third-order valence-corrected chi connectivity index (χ3v) is 8.42. The van der Waals surface area contributed by atoms with Crippen molar-refractivity contribution in [3.05, 3.63) is 59.9 Å². The number of carbonyl (C=O) groups is 1. The van der Waals surface area contributed by atoms with Crippen LogP contribution in [0.15, 0.2) is 53.4 Å². The zero-order chi connectivity index (χ0) is 22.1. The summed E-state index contributed by atoms with van der Waals surface area (Å²) < 4.78 is 28.0. The van der Waals surface area contributed by atoms with Crippen LogP contribution in [-0.4, -0.2) is 53.1 Å². The maximum Gasteiger partial charge on any atom is 0.254 e. The van der Waals surface area contributed by atoms with Crippen LogP contribution in [0.5, 0.6) is 0 Å². The molecule has 3 heterocycles. The molecular weight excluding hydrogens is 424 g/mol. The van der Waals surface area contributed by atoms with E-state index in [4.69, 9.17) is 4.98 Å². The molecule has 0 radical (unpaired) electrons. The van der Waals surface area contributed by atoms with E-state index in [9.17, 15) is 13.2 Å². The Morgan fingerprint density at radius 3 is 2.50 bits per heavy atom. The number of sulfonamides is 1. The number of nitrogens with one attached hydrogen (secondary N) is 1. The molecule has 0 aliphatic carbocycles. The molecule has 2 aromatic carbocycles. The average Bonchev–Trinajstić information content (AvgIpc) is 3.37. The molecule has 2 aliphatic rings. The van der Waals surface area contributed by atoms with Crippen LogP contribution < -0.4 is 0 Å². The highest BCUT2D eigenvalue weighted by molar-refractivity contribution is 7.89. The van der Waals surface area contributed by atoms with Crippen LogP contribution in [0, 0.1) is 0 Å². The van der Waals surface area contributed by atoms with Crippen molar-refractivity contribution in [3.63, 3.8) is 0 Å². The van der Waals surface area contributed by atoms with Gasteiger partial charge in [0.1, 0.15) is 5.82 Å². The Balaban J connectivity index is 1.41. The normalized spacial score (nSPS) is 20.5. The minimum atomic E-state index is -3.60. The number of amides is 1. The lowest BCUT2D eigenvalue weighted by molar-refractivity contribution is 0.0730. The molecule has 7 nitrogen and oxygen atoms in total. The van der Waals surface area contributed by atoms with Gasteiger partial charge in [0.05, 0.1) is 22.0 Å². The number of H-pyrrole nitrogens is 1. The quantitative estimate of drug-likeness (QED) is 0.646. The number of hydrogen-bond donors (Lipinski definition) is 1. The summed E-state index contributed by atoms with van der Waals surface area (Å²) in [4.78, 5) is 23.5. The molecule has 2 fully saturated rings. The van der Waals surface area contributed by atoms with E-state index in [0.717, 1.165) is 55.4 Å². The van der Waals surface area contributed by atoms with Gasteiger partial charge in [-0.1, -0.05) is 31.0 Å². The minimum Gasteiger partial charge on any atom is -0.340 e. The number of imidazole rings is 1. The van der Waals surface area contributed by atoms with Crippen LogP contribution in [0.25, 0.3) is 11.0 Å². The molecule has 1 unspecified atom stereocenters. The fraction of sp³-hybridized carbons (Fsp3) is 0.417. The van der Waals surface area contributed by atoms with Gasteiger partial charge in [0.15, 0.2) is 0 Å². The van der Waals surface area contributed by atoms with Crippen molar-refractivity contribution in [1.82, 2.24) is 19.2 Å². The largest absolute Gasteiger partial charge is 0.340 e. The predicted octanol–water partition coefficient (Wildman–Crippen LogP) is 4.10. The van der Waals surface area contributed by atoms with E-state index in [-0.39, 0.29) is 16.8 Å². The third-order valence-electron chi connectivity index (χ3n) is 6.52. The van der Waals surface area contributed by atoms with Gasteiger partial charge in [-0.2, -0.15) is 4.31 Å². The molecule has 1 atom stereocenters. The van der Waals surface area contributed by atoms with E-state index in [0.29, 0.717) is 25.2 Å². The lowest BCUT2D eigenvalue weighted by atomic mass is 10.1. The molecule has 0 spiro atoms. The molecule has 0 bridgehead atoms. The van der Waals surface area contributed by atoms with E-state index in [1.807, 2.05) is 29.2 Å². The summed E-state index contributed by atoms with van der Waals surface area (Å²) in [5, 5.41) is 0. The van der Waals surface area contributed by atoms with Gasteiger partial charge in [-0.25, -0.2) is 13.4 Å². The first-order valence-corrected chi connectivity index (χ1v) is 12.8. The molecule has 1 amide bonds. The Labute approximate surface area is 188 Å². The molecule has 2 saturated heterocycles. The maximum absolute atomic E-state index is 13.4. The van der Waals surface area contributed by atoms with Crippen molar-refractivity contribution in [1.29, 1.82) is 0 Å². The summed E-state index contributed by atoms with van der Waals surface area (Å²) in [6.45, 7) is 1.71. The van der Waals surface area contributed by atoms with Crippen LogP contribution >= 0.6 is 0 Å². The van der Waals surface area contributed by atoms with Crippen LogP contribution in [0.4, 0.5) is 0 Å². The minimum absolute atomic E-state index is 0.138. The van der Waals surface area contributed by atoms with E-state index in [1.54, 1.807) is 22.5 Å². The zero-order valence-electron chi connectivity index (χ0n) is 18.0. The van der Waals surface area contributed by atoms with Crippen molar-refractivity contribution < 1.29 is 13.2 Å². The summed E-state index contributed by atoms with van der Waals surface area (Å²) >= 11 is 0. The maximum atomic E-state index is 13.4. The van der Waals surface area contributed by atoms with Gasteiger partial charge in [-0.15, -0.1) is 0 Å². The second kappa shape index (κ2) is 8.67. The van der Waals surface area contributed by atoms with Gasteiger partial charge in [0.2, 0.25) is 10.0 Å². The highest BCUT2D eigenvalue weighted by atomic mass is 32.2. The van der Waals surface area contributed by atoms with Gasteiger partial charge >= 0.3 is 0 Å². The molecular formula is C24H28N4O3S. The van der Waals surface area contributed by atoms with Crippen molar-refractivity contribution in [2.45, 2.75) is 49.5 Å². The Morgan fingerprint density at radius 1 is 0.938 bits per heavy atom. The second-order valence-electron chi connectivity index (χ2n) is 8.64. The summed E-state index contributed by atoms with van der Waals surface area (Å²) in [6, 6.07) is 14.2. The van der Waals surface area contributed by atoms with Crippen molar-refractivity contribution in [2.24, 2.45) is 0 Å². The van der Waals surface area contributed by atoms with Gasteiger partial charge in [-0.05, 0) is 56.0 Å². The van der Waals surface area contributed by atoms with Gasteiger partial charge < -0.3 is 9.88 Å². The Morgan fingerprint density at radius 2 is 1.72 bits per heavy atom. The highest BCUT2D eigenvalue weighted by Crippen LogP contribution is 2.33. The standard InChI is InChI=1S/C24H28N4O3S/c29-24(28-16-8-13-22(28)23-25-20-11-3-4-12-21(20)26-23)18-9-7-10-19(17-18)32(30,31)27-14-5-1-2-6-15-27/h3-4,7,9-12,17,22H,1-2,5-6,8,13-16H2,(H,25,26). The predicted molar refractivity (Wildman–Crippen MR) is 123 cm³/mol. The monoisotopic (exact) mass is 452 g/mol. The Hall–Kier alpha value is -2.71. The second-order valence-corrected chi connectivity index (χ2v) is 10.6. The van der Waals surface area contributed by atoms with Gasteiger partial charge in [-0.3, -0.25) is 4.79 Å². The molecule has 2 aliphatic heterocycles. The van der Waals surface area contributed by atoms with Crippen LogP contribution in [-0.2, 0) is 10.0 Å². The number of aromatic nitrogens is 2. The first-order chi connectivity index (χ1) is 15.5.